The maximum absolute atomic E-state index is 13.0. The van der Waals surface area contributed by atoms with Crippen molar-refractivity contribution in [3.8, 4) is 0 Å². The summed E-state index contributed by atoms with van der Waals surface area (Å²) in [6.07, 6.45) is 2.47. The Bertz CT molecular complexity index is 716. The van der Waals surface area contributed by atoms with Gasteiger partial charge in [-0.3, -0.25) is 4.79 Å². The number of hydrogen-bond acceptors (Lipinski definition) is 5. The molecule has 7 heteroatoms. The highest BCUT2D eigenvalue weighted by Gasteiger charge is 2.27. The SMILES string of the molecule is CC(C)NC(=O)[C@@H]1CCCN(c2nc(Cc3ccc(F)cc3)ns2)C1. The fourth-order valence-electron chi connectivity index (χ4n) is 3.00. The fraction of sp³-hybridized carbons (Fsp3) is 0.500. The van der Waals surface area contributed by atoms with E-state index in [-0.39, 0.29) is 23.7 Å². The Hall–Kier alpha value is -2.02. The number of rotatable bonds is 5. The van der Waals surface area contributed by atoms with Gasteiger partial charge in [-0.15, -0.1) is 0 Å². The van der Waals surface area contributed by atoms with Gasteiger partial charge in [0.2, 0.25) is 11.0 Å². The quantitative estimate of drug-likeness (QED) is 0.888. The van der Waals surface area contributed by atoms with Gasteiger partial charge in [-0.25, -0.2) is 9.37 Å². The third-order valence-corrected chi connectivity index (χ3v) is 5.04. The van der Waals surface area contributed by atoms with Crippen LogP contribution in [0.15, 0.2) is 24.3 Å². The molecule has 0 spiro atoms. The van der Waals surface area contributed by atoms with Crippen LogP contribution in [0, 0.1) is 11.7 Å². The molecule has 1 saturated heterocycles. The van der Waals surface area contributed by atoms with Gasteiger partial charge in [0.25, 0.3) is 0 Å². The average molecular weight is 362 g/mol. The van der Waals surface area contributed by atoms with Gasteiger partial charge in [0.15, 0.2) is 0 Å². The second kappa shape index (κ2) is 7.91. The highest BCUT2D eigenvalue weighted by atomic mass is 32.1. The maximum atomic E-state index is 13.0. The van der Waals surface area contributed by atoms with Crippen molar-refractivity contribution in [1.82, 2.24) is 14.7 Å². The minimum Gasteiger partial charge on any atom is -0.354 e. The molecule has 1 aromatic carbocycles. The summed E-state index contributed by atoms with van der Waals surface area (Å²) in [6.45, 7) is 5.54. The van der Waals surface area contributed by atoms with Crippen LogP contribution in [0.2, 0.25) is 0 Å². The molecule has 1 fully saturated rings. The van der Waals surface area contributed by atoms with Gasteiger partial charge in [-0.2, -0.15) is 4.37 Å². The van der Waals surface area contributed by atoms with Crippen LogP contribution in [-0.4, -0.2) is 34.4 Å². The van der Waals surface area contributed by atoms with E-state index in [1.165, 1.54) is 23.7 Å². The molecule has 1 N–H and O–H groups in total. The number of hydrogen-bond donors (Lipinski definition) is 1. The summed E-state index contributed by atoms with van der Waals surface area (Å²) in [6, 6.07) is 6.56. The monoisotopic (exact) mass is 362 g/mol. The molecule has 0 saturated carbocycles. The first-order chi connectivity index (χ1) is 12.0. The van der Waals surface area contributed by atoms with Gasteiger partial charge < -0.3 is 10.2 Å². The van der Waals surface area contributed by atoms with Crippen molar-refractivity contribution in [3.05, 3.63) is 41.5 Å². The Morgan fingerprint density at radius 3 is 2.88 bits per heavy atom. The van der Waals surface area contributed by atoms with E-state index < -0.39 is 0 Å². The largest absolute Gasteiger partial charge is 0.354 e. The molecule has 25 heavy (non-hydrogen) atoms. The first-order valence-electron chi connectivity index (χ1n) is 8.63. The lowest BCUT2D eigenvalue weighted by atomic mass is 9.97. The molecule has 0 bridgehead atoms. The van der Waals surface area contributed by atoms with Crippen LogP contribution in [0.3, 0.4) is 0 Å². The van der Waals surface area contributed by atoms with Crippen LogP contribution in [0.4, 0.5) is 9.52 Å². The Balaban J connectivity index is 1.63. The van der Waals surface area contributed by atoms with E-state index in [9.17, 15) is 9.18 Å². The van der Waals surface area contributed by atoms with Crippen molar-refractivity contribution in [2.24, 2.45) is 5.92 Å². The second-order valence-corrected chi connectivity index (χ2v) is 7.48. The minimum absolute atomic E-state index is 0.000554. The summed E-state index contributed by atoms with van der Waals surface area (Å²) >= 11 is 1.37. The molecule has 1 aliphatic heterocycles. The van der Waals surface area contributed by atoms with Crippen LogP contribution in [0.1, 0.15) is 38.1 Å². The molecule has 1 atom stereocenters. The molecule has 134 valence electrons. The number of halogens is 1. The number of benzene rings is 1. The number of amides is 1. The van der Waals surface area contributed by atoms with Crippen molar-refractivity contribution in [3.63, 3.8) is 0 Å². The zero-order valence-electron chi connectivity index (χ0n) is 14.5. The second-order valence-electron chi connectivity index (χ2n) is 6.74. The topological polar surface area (TPSA) is 58.1 Å². The Morgan fingerprint density at radius 1 is 1.40 bits per heavy atom. The molecule has 0 aliphatic carbocycles. The van der Waals surface area contributed by atoms with Crippen molar-refractivity contribution < 1.29 is 9.18 Å². The third-order valence-electron chi connectivity index (χ3n) is 4.23. The van der Waals surface area contributed by atoms with Crippen molar-refractivity contribution >= 4 is 22.6 Å². The molecule has 3 rings (SSSR count). The average Bonchev–Trinajstić information content (AvgIpc) is 3.05. The van der Waals surface area contributed by atoms with Gasteiger partial charge in [-0.1, -0.05) is 12.1 Å². The van der Waals surface area contributed by atoms with Crippen LogP contribution in [-0.2, 0) is 11.2 Å². The number of anilines is 1. The molecular weight excluding hydrogens is 339 g/mol. The number of aromatic nitrogens is 2. The standard InChI is InChI=1S/C18H23FN4OS/c1-12(2)20-17(24)14-4-3-9-23(11-14)18-21-16(22-25-18)10-13-5-7-15(19)8-6-13/h5-8,12,14H,3-4,9-11H2,1-2H3,(H,20,24)/t14-/m1/s1. The lowest BCUT2D eigenvalue weighted by Crippen LogP contribution is -2.44. The van der Waals surface area contributed by atoms with Gasteiger partial charge in [0.1, 0.15) is 11.6 Å². The Morgan fingerprint density at radius 2 is 2.16 bits per heavy atom. The molecular formula is C18H23FN4OS. The van der Waals surface area contributed by atoms with Gasteiger partial charge >= 0.3 is 0 Å². The van der Waals surface area contributed by atoms with E-state index in [1.807, 2.05) is 13.8 Å². The first kappa shape index (κ1) is 17.8. The normalized spacial score (nSPS) is 17.8. The van der Waals surface area contributed by atoms with Crippen molar-refractivity contribution in [2.75, 3.05) is 18.0 Å². The van der Waals surface area contributed by atoms with E-state index in [0.717, 1.165) is 35.9 Å². The minimum atomic E-state index is -0.241. The lowest BCUT2D eigenvalue weighted by Gasteiger charge is -2.31. The molecule has 1 aromatic heterocycles. The first-order valence-corrected chi connectivity index (χ1v) is 9.41. The fourth-order valence-corrected chi connectivity index (χ4v) is 3.72. The van der Waals surface area contributed by atoms with E-state index in [0.29, 0.717) is 13.0 Å². The zero-order chi connectivity index (χ0) is 17.8. The van der Waals surface area contributed by atoms with Crippen LogP contribution < -0.4 is 10.2 Å². The van der Waals surface area contributed by atoms with E-state index >= 15 is 0 Å². The molecule has 1 amide bonds. The van der Waals surface area contributed by atoms with Crippen molar-refractivity contribution in [2.45, 2.75) is 39.2 Å². The summed E-state index contributed by atoms with van der Waals surface area (Å²) < 4.78 is 17.4. The Kier molecular flexibility index (Phi) is 5.63. The van der Waals surface area contributed by atoms with E-state index in [4.69, 9.17) is 0 Å². The third kappa shape index (κ3) is 4.75. The molecule has 5 nitrogen and oxygen atoms in total. The summed E-state index contributed by atoms with van der Waals surface area (Å²) in [5.41, 5.74) is 0.985. The molecule has 0 radical (unpaired) electrons. The van der Waals surface area contributed by atoms with Crippen LogP contribution >= 0.6 is 11.5 Å². The molecule has 2 aromatic rings. The maximum Gasteiger partial charge on any atom is 0.225 e. The lowest BCUT2D eigenvalue weighted by molar-refractivity contribution is -0.125. The predicted molar refractivity (Wildman–Crippen MR) is 97.3 cm³/mol. The summed E-state index contributed by atoms with van der Waals surface area (Å²) in [7, 11) is 0. The van der Waals surface area contributed by atoms with Crippen LogP contribution in [0.5, 0.6) is 0 Å². The number of piperidine rings is 1. The highest BCUT2D eigenvalue weighted by Crippen LogP contribution is 2.25. The molecule has 1 aliphatic rings. The molecule has 2 heterocycles. The summed E-state index contributed by atoms with van der Waals surface area (Å²) in [5, 5.41) is 3.86. The smallest absolute Gasteiger partial charge is 0.225 e. The van der Waals surface area contributed by atoms with Gasteiger partial charge in [-0.05, 0) is 44.4 Å². The van der Waals surface area contributed by atoms with Crippen LogP contribution in [0.25, 0.3) is 0 Å². The number of carbonyl (C=O) groups excluding carboxylic acids is 1. The predicted octanol–water partition coefficient (Wildman–Crippen LogP) is 3.01. The number of nitrogens with zero attached hydrogens (tertiary/aromatic N) is 3. The summed E-state index contributed by atoms with van der Waals surface area (Å²) in [5.74, 6) is 0.617. The highest BCUT2D eigenvalue weighted by molar-refractivity contribution is 7.09. The van der Waals surface area contributed by atoms with Crippen molar-refractivity contribution in [1.29, 1.82) is 0 Å². The van der Waals surface area contributed by atoms with E-state index in [1.54, 1.807) is 12.1 Å². The van der Waals surface area contributed by atoms with Gasteiger partial charge in [0.05, 0.1) is 5.92 Å². The number of carbonyl (C=O) groups is 1. The molecule has 0 unspecified atom stereocenters. The zero-order valence-corrected chi connectivity index (χ0v) is 15.4. The Labute approximate surface area is 151 Å². The van der Waals surface area contributed by atoms with Gasteiger partial charge in [0, 0.05) is 37.1 Å². The number of nitrogens with one attached hydrogen (secondary N) is 1. The van der Waals surface area contributed by atoms with E-state index in [2.05, 4.69) is 19.6 Å². The summed E-state index contributed by atoms with van der Waals surface area (Å²) in [4.78, 5) is 19.0.